The van der Waals surface area contributed by atoms with Crippen LogP contribution in [0.1, 0.15) is 24.9 Å². The Labute approximate surface area is 146 Å². The van der Waals surface area contributed by atoms with E-state index in [2.05, 4.69) is 40.1 Å². The van der Waals surface area contributed by atoms with Crippen LogP contribution in [-0.4, -0.2) is 85.3 Å². The van der Waals surface area contributed by atoms with Crippen molar-refractivity contribution >= 4 is 0 Å². The normalized spacial score (nSPS) is 25.7. The molecule has 2 saturated heterocycles. The predicted octanol–water partition coefficient (Wildman–Crippen LogP) is 1.36. The maximum absolute atomic E-state index is 9.97. The van der Waals surface area contributed by atoms with Crippen molar-refractivity contribution in [2.75, 3.05) is 59.4 Å². The molecule has 2 fully saturated rings. The Balaban J connectivity index is 1.80. The summed E-state index contributed by atoms with van der Waals surface area (Å²) in [5.74, 6) is 0.374. The van der Waals surface area contributed by atoms with Crippen LogP contribution in [0.5, 0.6) is 5.75 Å². The van der Waals surface area contributed by atoms with E-state index in [0.717, 1.165) is 58.8 Å². The van der Waals surface area contributed by atoms with Gasteiger partial charge in [0.15, 0.2) is 0 Å². The van der Waals surface area contributed by atoms with Gasteiger partial charge in [-0.2, -0.15) is 0 Å². The molecule has 0 aromatic heterocycles. The number of nitrogens with one attached hydrogen (secondary N) is 1. The Morgan fingerprint density at radius 1 is 1.21 bits per heavy atom. The zero-order chi connectivity index (χ0) is 16.9. The first-order chi connectivity index (χ1) is 11.7. The highest BCUT2D eigenvalue weighted by Gasteiger charge is 2.30. The molecule has 2 atom stereocenters. The van der Waals surface area contributed by atoms with E-state index >= 15 is 0 Å². The van der Waals surface area contributed by atoms with E-state index in [1.165, 1.54) is 5.56 Å². The van der Waals surface area contributed by atoms with Crippen LogP contribution in [0.4, 0.5) is 0 Å². The van der Waals surface area contributed by atoms with E-state index in [1.807, 2.05) is 12.1 Å². The summed E-state index contributed by atoms with van der Waals surface area (Å²) in [6.45, 7) is 11.1. The number of likely N-dealkylation sites (N-methyl/N-ethyl adjacent to an activating group) is 1. The highest BCUT2D eigenvalue weighted by molar-refractivity contribution is 5.30. The van der Waals surface area contributed by atoms with Crippen molar-refractivity contribution in [3.05, 3.63) is 29.8 Å². The minimum Gasteiger partial charge on any atom is -0.508 e. The molecule has 2 aliphatic heterocycles. The summed E-state index contributed by atoms with van der Waals surface area (Å²) in [5, 5.41) is 13.5. The molecule has 0 amide bonds. The number of hydrogen-bond donors (Lipinski definition) is 2. The van der Waals surface area contributed by atoms with Crippen molar-refractivity contribution in [2.45, 2.75) is 25.4 Å². The SMILES string of the molecule is CCC1CNCCN1C(CN1CCN(C)CC1)c1cccc(O)c1. The van der Waals surface area contributed by atoms with Gasteiger partial charge in [-0.05, 0) is 31.2 Å². The van der Waals surface area contributed by atoms with Gasteiger partial charge in [0.2, 0.25) is 0 Å². The minimum atomic E-state index is 0.354. The smallest absolute Gasteiger partial charge is 0.115 e. The van der Waals surface area contributed by atoms with Crippen LogP contribution in [0.25, 0.3) is 0 Å². The number of phenols is 1. The molecule has 0 spiro atoms. The largest absolute Gasteiger partial charge is 0.508 e. The fraction of sp³-hybridized carbons (Fsp3) is 0.684. The molecule has 3 rings (SSSR count). The van der Waals surface area contributed by atoms with Gasteiger partial charge in [0, 0.05) is 64.4 Å². The number of hydrogen-bond acceptors (Lipinski definition) is 5. The Morgan fingerprint density at radius 2 is 2.00 bits per heavy atom. The van der Waals surface area contributed by atoms with Crippen LogP contribution >= 0.6 is 0 Å². The summed E-state index contributed by atoms with van der Waals surface area (Å²) in [6.07, 6.45) is 1.16. The number of piperazine rings is 2. The molecule has 1 aromatic carbocycles. The van der Waals surface area contributed by atoms with Crippen LogP contribution in [0, 0.1) is 0 Å². The number of benzene rings is 1. The zero-order valence-electron chi connectivity index (χ0n) is 15.1. The molecule has 5 heteroatoms. The van der Waals surface area contributed by atoms with Gasteiger partial charge in [-0.15, -0.1) is 0 Å². The van der Waals surface area contributed by atoms with Crippen LogP contribution in [-0.2, 0) is 0 Å². The van der Waals surface area contributed by atoms with Crippen molar-refractivity contribution in [3.63, 3.8) is 0 Å². The molecular weight excluding hydrogens is 300 g/mol. The Kier molecular flexibility index (Phi) is 6.11. The van der Waals surface area contributed by atoms with Crippen LogP contribution in [0.3, 0.4) is 0 Å². The predicted molar refractivity (Wildman–Crippen MR) is 98.4 cm³/mol. The lowest BCUT2D eigenvalue weighted by Crippen LogP contribution is -2.55. The first-order valence-electron chi connectivity index (χ1n) is 9.33. The maximum atomic E-state index is 9.97. The van der Waals surface area contributed by atoms with Crippen molar-refractivity contribution < 1.29 is 5.11 Å². The lowest BCUT2D eigenvalue weighted by molar-refractivity contribution is 0.0587. The van der Waals surface area contributed by atoms with Gasteiger partial charge in [0.05, 0.1) is 0 Å². The molecule has 2 heterocycles. The molecule has 0 radical (unpaired) electrons. The zero-order valence-corrected chi connectivity index (χ0v) is 15.1. The molecule has 2 unspecified atom stereocenters. The van der Waals surface area contributed by atoms with Crippen LogP contribution in [0.2, 0.25) is 0 Å². The fourth-order valence-electron chi connectivity index (χ4n) is 3.97. The van der Waals surface area contributed by atoms with Gasteiger partial charge in [-0.1, -0.05) is 19.1 Å². The van der Waals surface area contributed by atoms with Crippen LogP contribution in [0.15, 0.2) is 24.3 Å². The average Bonchev–Trinajstić information content (AvgIpc) is 2.61. The van der Waals surface area contributed by atoms with E-state index in [0.29, 0.717) is 17.8 Å². The molecule has 0 aliphatic carbocycles. The topological polar surface area (TPSA) is 42.0 Å². The van der Waals surface area contributed by atoms with Gasteiger partial charge in [0.25, 0.3) is 0 Å². The second-order valence-corrected chi connectivity index (χ2v) is 7.22. The second kappa shape index (κ2) is 8.30. The van der Waals surface area contributed by atoms with Crippen molar-refractivity contribution in [2.24, 2.45) is 0 Å². The van der Waals surface area contributed by atoms with Crippen molar-refractivity contribution in [1.82, 2.24) is 20.0 Å². The van der Waals surface area contributed by atoms with Gasteiger partial charge in [0.1, 0.15) is 5.75 Å². The quantitative estimate of drug-likeness (QED) is 0.852. The number of phenolic OH excluding ortho intramolecular Hbond substituents is 1. The van der Waals surface area contributed by atoms with Gasteiger partial charge < -0.3 is 15.3 Å². The summed E-state index contributed by atoms with van der Waals surface area (Å²) in [5.41, 5.74) is 1.24. The molecular formula is C19H32N4O. The first-order valence-corrected chi connectivity index (χ1v) is 9.33. The highest BCUT2D eigenvalue weighted by Crippen LogP contribution is 2.28. The highest BCUT2D eigenvalue weighted by atomic mass is 16.3. The van der Waals surface area contributed by atoms with E-state index in [1.54, 1.807) is 6.07 Å². The van der Waals surface area contributed by atoms with E-state index in [4.69, 9.17) is 0 Å². The van der Waals surface area contributed by atoms with Gasteiger partial charge in [-0.25, -0.2) is 0 Å². The third kappa shape index (κ3) is 4.28. The standard InChI is InChI=1S/C19H32N4O/c1-3-17-14-20-7-8-23(17)19(16-5-4-6-18(24)13-16)15-22-11-9-21(2)10-12-22/h4-6,13,17,19-20,24H,3,7-12,14-15H2,1-2H3. The molecule has 24 heavy (non-hydrogen) atoms. The molecule has 0 bridgehead atoms. The number of nitrogens with zero attached hydrogens (tertiary/aromatic N) is 3. The van der Waals surface area contributed by atoms with Crippen molar-refractivity contribution in [1.29, 1.82) is 0 Å². The Hall–Kier alpha value is -1.14. The van der Waals surface area contributed by atoms with Crippen LogP contribution < -0.4 is 5.32 Å². The lowest BCUT2D eigenvalue weighted by Gasteiger charge is -2.44. The molecule has 134 valence electrons. The minimum absolute atomic E-state index is 0.354. The monoisotopic (exact) mass is 332 g/mol. The third-order valence-electron chi connectivity index (χ3n) is 5.55. The first kappa shape index (κ1) is 17.7. The van der Waals surface area contributed by atoms with E-state index in [9.17, 15) is 5.11 Å². The Bertz CT molecular complexity index is 516. The second-order valence-electron chi connectivity index (χ2n) is 7.22. The molecule has 1 aromatic rings. The summed E-state index contributed by atoms with van der Waals surface area (Å²) in [7, 11) is 2.20. The lowest BCUT2D eigenvalue weighted by atomic mass is 9.99. The molecule has 0 saturated carbocycles. The van der Waals surface area contributed by atoms with E-state index < -0.39 is 0 Å². The molecule has 5 nitrogen and oxygen atoms in total. The third-order valence-corrected chi connectivity index (χ3v) is 5.55. The van der Waals surface area contributed by atoms with Gasteiger partial charge >= 0.3 is 0 Å². The average molecular weight is 332 g/mol. The number of rotatable bonds is 5. The summed E-state index contributed by atoms with van der Waals surface area (Å²) < 4.78 is 0. The summed E-state index contributed by atoms with van der Waals surface area (Å²) in [6, 6.07) is 8.80. The molecule has 2 N–H and O–H groups in total. The summed E-state index contributed by atoms with van der Waals surface area (Å²) >= 11 is 0. The van der Waals surface area contributed by atoms with Crippen molar-refractivity contribution in [3.8, 4) is 5.75 Å². The maximum Gasteiger partial charge on any atom is 0.115 e. The van der Waals surface area contributed by atoms with Gasteiger partial charge in [-0.3, -0.25) is 9.80 Å². The number of aromatic hydroxyl groups is 1. The Morgan fingerprint density at radius 3 is 2.71 bits per heavy atom. The summed E-state index contributed by atoms with van der Waals surface area (Å²) in [4.78, 5) is 7.65. The molecule has 2 aliphatic rings. The fourth-order valence-corrected chi connectivity index (χ4v) is 3.97. The van der Waals surface area contributed by atoms with E-state index in [-0.39, 0.29) is 0 Å².